The quantitative estimate of drug-likeness (QED) is 0.659. The van der Waals surface area contributed by atoms with Crippen LogP contribution in [-0.4, -0.2) is 28.1 Å². The fourth-order valence-corrected chi connectivity index (χ4v) is 3.05. The Morgan fingerprint density at radius 2 is 1.88 bits per heavy atom. The number of anilines is 2. The SMILES string of the molecule is CCC(CC)Oc1nc(Br)c(-c2cc(Br)c(N)nc2C)nc1NC. The van der Waals surface area contributed by atoms with Gasteiger partial charge in [0, 0.05) is 18.3 Å². The first-order chi connectivity index (χ1) is 11.4. The van der Waals surface area contributed by atoms with Crippen LogP contribution in [0.2, 0.25) is 0 Å². The normalized spacial score (nSPS) is 11.0. The Morgan fingerprint density at radius 1 is 1.21 bits per heavy atom. The second-order valence-corrected chi connectivity index (χ2v) is 6.92. The maximum Gasteiger partial charge on any atom is 0.258 e. The fraction of sp³-hybridized carbons (Fsp3) is 0.438. The van der Waals surface area contributed by atoms with Gasteiger partial charge in [-0.25, -0.2) is 15.0 Å². The summed E-state index contributed by atoms with van der Waals surface area (Å²) in [5.74, 6) is 1.53. The first kappa shape index (κ1) is 18.9. The maximum atomic E-state index is 5.97. The van der Waals surface area contributed by atoms with Crippen molar-refractivity contribution < 1.29 is 4.74 Å². The highest BCUT2D eigenvalue weighted by Crippen LogP contribution is 2.35. The van der Waals surface area contributed by atoms with Crippen LogP contribution in [0.1, 0.15) is 32.4 Å². The lowest BCUT2D eigenvalue weighted by atomic mass is 10.1. The number of nitrogens with two attached hydrogens (primary N) is 1. The van der Waals surface area contributed by atoms with Gasteiger partial charge in [-0.15, -0.1) is 0 Å². The number of aromatic nitrogens is 3. The lowest BCUT2D eigenvalue weighted by molar-refractivity contribution is 0.185. The van der Waals surface area contributed by atoms with E-state index in [1.807, 2.05) is 13.0 Å². The molecule has 0 unspecified atom stereocenters. The Balaban J connectivity index is 2.52. The number of ether oxygens (including phenoxy) is 1. The molecule has 0 spiro atoms. The van der Waals surface area contributed by atoms with E-state index in [4.69, 9.17) is 10.5 Å². The Morgan fingerprint density at radius 3 is 2.46 bits per heavy atom. The summed E-state index contributed by atoms with van der Waals surface area (Å²) in [6, 6.07) is 1.90. The topological polar surface area (TPSA) is 86.0 Å². The van der Waals surface area contributed by atoms with Gasteiger partial charge in [-0.1, -0.05) is 13.8 Å². The fourth-order valence-electron chi connectivity index (χ4n) is 2.27. The first-order valence-corrected chi connectivity index (χ1v) is 9.34. The number of nitrogens with zero attached hydrogens (tertiary/aromatic N) is 3. The van der Waals surface area contributed by atoms with Gasteiger partial charge in [-0.2, -0.15) is 0 Å². The van der Waals surface area contributed by atoms with E-state index in [9.17, 15) is 0 Å². The van der Waals surface area contributed by atoms with E-state index in [1.54, 1.807) is 7.05 Å². The number of aryl methyl sites for hydroxylation is 1. The minimum absolute atomic E-state index is 0.109. The van der Waals surface area contributed by atoms with Crippen LogP contribution in [0.4, 0.5) is 11.6 Å². The summed E-state index contributed by atoms with van der Waals surface area (Å²) in [5, 5.41) is 3.06. The largest absolute Gasteiger partial charge is 0.472 e. The number of nitrogens with one attached hydrogen (secondary N) is 1. The second-order valence-electron chi connectivity index (χ2n) is 5.31. The molecule has 0 saturated heterocycles. The highest BCUT2D eigenvalue weighted by atomic mass is 79.9. The summed E-state index contributed by atoms with van der Waals surface area (Å²) in [4.78, 5) is 13.5. The van der Waals surface area contributed by atoms with Crippen LogP contribution in [0.3, 0.4) is 0 Å². The standard InChI is InChI=1S/C16H21Br2N5O/c1-5-9(6-2)24-16-15(20-4)22-12(13(18)23-16)10-7-11(17)14(19)21-8(10)3/h7,9H,5-6H2,1-4H3,(H2,19,21)(H,20,22). The maximum absolute atomic E-state index is 5.97. The molecule has 0 saturated carbocycles. The molecule has 0 aliphatic heterocycles. The summed E-state index contributed by atoms with van der Waals surface area (Å²) in [7, 11) is 1.80. The summed E-state index contributed by atoms with van der Waals surface area (Å²) in [6.45, 7) is 6.07. The number of halogens is 2. The number of hydrogen-bond acceptors (Lipinski definition) is 6. The Hall–Kier alpha value is -1.41. The molecular weight excluding hydrogens is 438 g/mol. The van der Waals surface area contributed by atoms with E-state index in [0.29, 0.717) is 27.8 Å². The molecule has 2 rings (SSSR count). The number of pyridine rings is 1. The molecule has 2 aromatic heterocycles. The van der Waals surface area contributed by atoms with Gasteiger partial charge in [0.2, 0.25) is 0 Å². The van der Waals surface area contributed by atoms with Gasteiger partial charge in [0.1, 0.15) is 22.2 Å². The molecule has 130 valence electrons. The van der Waals surface area contributed by atoms with Crippen LogP contribution in [0.5, 0.6) is 5.88 Å². The van der Waals surface area contributed by atoms with E-state index in [2.05, 4.69) is 66.0 Å². The highest BCUT2D eigenvalue weighted by Gasteiger charge is 2.19. The summed E-state index contributed by atoms with van der Waals surface area (Å²) >= 11 is 6.91. The smallest absolute Gasteiger partial charge is 0.258 e. The predicted octanol–water partition coefficient (Wildman–Crippen LogP) is 4.56. The van der Waals surface area contributed by atoms with Crippen molar-refractivity contribution in [3.05, 3.63) is 20.8 Å². The molecular formula is C16H21Br2N5O. The molecule has 0 bridgehead atoms. The highest BCUT2D eigenvalue weighted by molar-refractivity contribution is 9.10. The third-order valence-electron chi connectivity index (χ3n) is 3.70. The molecule has 2 aromatic rings. The monoisotopic (exact) mass is 457 g/mol. The molecule has 6 nitrogen and oxygen atoms in total. The van der Waals surface area contributed by atoms with E-state index >= 15 is 0 Å². The van der Waals surface area contributed by atoms with Gasteiger partial charge < -0.3 is 15.8 Å². The van der Waals surface area contributed by atoms with Crippen molar-refractivity contribution in [3.63, 3.8) is 0 Å². The molecule has 0 fully saturated rings. The van der Waals surface area contributed by atoms with Crippen molar-refractivity contribution in [1.29, 1.82) is 0 Å². The number of rotatable bonds is 6. The minimum atomic E-state index is 0.109. The van der Waals surface area contributed by atoms with E-state index in [-0.39, 0.29) is 6.10 Å². The average molecular weight is 459 g/mol. The third-order valence-corrected chi connectivity index (χ3v) is 4.88. The van der Waals surface area contributed by atoms with Crippen LogP contribution < -0.4 is 15.8 Å². The molecule has 0 atom stereocenters. The van der Waals surface area contributed by atoms with Crippen LogP contribution in [0, 0.1) is 6.92 Å². The molecule has 0 aliphatic rings. The van der Waals surface area contributed by atoms with Gasteiger partial charge in [0.05, 0.1) is 4.47 Å². The van der Waals surface area contributed by atoms with Crippen LogP contribution in [-0.2, 0) is 0 Å². The zero-order valence-corrected chi connectivity index (χ0v) is 17.3. The van der Waals surface area contributed by atoms with Crippen LogP contribution in [0.25, 0.3) is 11.3 Å². The zero-order valence-electron chi connectivity index (χ0n) is 14.2. The molecule has 24 heavy (non-hydrogen) atoms. The van der Waals surface area contributed by atoms with Crippen molar-refractivity contribution in [3.8, 4) is 17.1 Å². The van der Waals surface area contributed by atoms with E-state index < -0.39 is 0 Å². The van der Waals surface area contributed by atoms with Crippen molar-refractivity contribution in [2.75, 3.05) is 18.1 Å². The summed E-state index contributed by atoms with van der Waals surface area (Å²) < 4.78 is 7.29. The number of hydrogen-bond donors (Lipinski definition) is 2. The molecule has 0 radical (unpaired) electrons. The van der Waals surface area contributed by atoms with Gasteiger partial charge >= 0.3 is 0 Å². The lowest BCUT2D eigenvalue weighted by Gasteiger charge is -2.18. The molecule has 2 heterocycles. The Labute approximate surface area is 158 Å². The molecule has 0 aliphatic carbocycles. The van der Waals surface area contributed by atoms with E-state index in [0.717, 1.165) is 28.6 Å². The van der Waals surface area contributed by atoms with Gasteiger partial charge in [-0.05, 0) is 57.7 Å². The zero-order chi connectivity index (χ0) is 17.9. The van der Waals surface area contributed by atoms with Crippen molar-refractivity contribution in [2.45, 2.75) is 39.7 Å². The van der Waals surface area contributed by atoms with Crippen LogP contribution in [0.15, 0.2) is 15.1 Å². The summed E-state index contributed by atoms with van der Waals surface area (Å²) in [6.07, 6.45) is 1.93. The number of nitrogen functional groups attached to an aromatic ring is 1. The second kappa shape index (κ2) is 8.11. The molecule has 3 N–H and O–H groups in total. The summed E-state index contributed by atoms with van der Waals surface area (Å²) in [5.41, 5.74) is 8.14. The lowest BCUT2D eigenvalue weighted by Crippen LogP contribution is -2.16. The van der Waals surface area contributed by atoms with Gasteiger partial charge in [0.15, 0.2) is 5.82 Å². The average Bonchev–Trinajstić information content (AvgIpc) is 2.56. The minimum Gasteiger partial charge on any atom is -0.472 e. The van der Waals surface area contributed by atoms with Gasteiger partial charge in [0.25, 0.3) is 5.88 Å². The third kappa shape index (κ3) is 3.97. The molecule has 8 heteroatoms. The van der Waals surface area contributed by atoms with Crippen LogP contribution >= 0.6 is 31.9 Å². The Bertz CT molecular complexity index is 735. The molecule has 0 aromatic carbocycles. The first-order valence-electron chi connectivity index (χ1n) is 7.76. The van der Waals surface area contributed by atoms with E-state index in [1.165, 1.54) is 0 Å². The molecule has 0 amide bonds. The van der Waals surface area contributed by atoms with Crippen molar-refractivity contribution in [1.82, 2.24) is 15.0 Å². The Kier molecular flexibility index (Phi) is 6.40. The van der Waals surface area contributed by atoms with Crippen molar-refractivity contribution >= 4 is 43.5 Å². The van der Waals surface area contributed by atoms with Crippen molar-refractivity contribution in [2.24, 2.45) is 0 Å². The van der Waals surface area contributed by atoms with Gasteiger partial charge in [-0.3, -0.25) is 0 Å². The predicted molar refractivity (Wildman–Crippen MR) is 104 cm³/mol.